The van der Waals surface area contributed by atoms with Gasteiger partial charge in [-0.15, -0.1) is 0 Å². The number of aromatic amines is 1. The molecule has 1 aliphatic heterocycles. The van der Waals surface area contributed by atoms with Gasteiger partial charge in [-0.25, -0.2) is 0 Å². The Kier molecular flexibility index (Phi) is 5.26. The molecule has 0 saturated carbocycles. The number of benzene rings is 1. The van der Waals surface area contributed by atoms with Crippen molar-refractivity contribution in [1.82, 2.24) is 15.1 Å². The van der Waals surface area contributed by atoms with Gasteiger partial charge in [0.2, 0.25) is 0 Å². The molecule has 3 aromatic rings. The summed E-state index contributed by atoms with van der Waals surface area (Å²) in [7, 11) is 3.13. The molecule has 1 N–H and O–H groups in total. The maximum atomic E-state index is 13.3. The molecule has 7 nitrogen and oxygen atoms in total. The maximum absolute atomic E-state index is 13.3. The molecule has 0 spiro atoms. The number of aromatic nitrogens is 2. The molecule has 0 bridgehead atoms. The van der Waals surface area contributed by atoms with Crippen molar-refractivity contribution in [2.45, 2.75) is 38.5 Å². The van der Waals surface area contributed by atoms with Crippen molar-refractivity contribution < 1.29 is 18.7 Å². The molecule has 30 heavy (non-hydrogen) atoms. The lowest BCUT2D eigenvalue weighted by Crippen LogP contribution is -2.38. The molecule has 3 heterocycles. The Morgan fingerprint density at radius 2 is 1.87 bits per heavy atom. The molecule has 4 rings (SSSR count). The van der Waals surface area contributed by atoms with E-state index < -0.39 is 6.29 Å². The van der Waals surface area contributed by atoms with Crippen molar-refractivity contribution in [2.24, 2.45) is 0 Å². The number of hydrogen-bond donors (Lipinski definition) is 1. The van der Waals surface area contributed by atoms with E-state index in [1.807, 2.05) is 12.1 Å². The first-order valence-electron chi connectivity index (χ1n) is 9.94. The summed E-state index contributed by atoms with van der Waals surface area (Å²) >= 11 is 0. The number of furan rings is 1. The number of nitrogens with one attached hydrogen (secondary N) is 1. The second-order valence-corrected chi connectivity index (χ2v) is 8.47. The quantitative estimate of drug-likeness (QED) is 0.619. The van der Waals surface area contributed by atoms with Crippen molar-refractivity contribution >= 4 is 5.91 Å². The van der Waals surface area contributed by atoms with Gasteiger partial charge in [0.25, 0.3) is 5.91 Å². The van der Waals surface area contributed by atoms with E-state index in [9.17, 15) is 4.79 Å². The minimum absolute atomic E-state index is 0.0427. The van der Waals surface area contributed by atoms with Gasteiger partial charge in [0, 0.05) is 19.8 Å². The first-order chi connectivity index (χ1) is 14.3. The van der Waals surface area contributed by atoms with E-state index in [0.29, 0.717) is 17.1 Å². The van der Waals surface area contributed by atoms with E-state index in [2.05, 4.69) is 55.2 Å². The van der Waals surface area contributed by atoms with Gasteiger partial charge in [0.1, 0.15) is 5.69 Å². The van der Waals surface area contributed by atoms with Crippen LogP contribution in [0, 0.1) is 0 Å². The number of nitrogens with zero attached hydrogens (tertiary/aromatic N) is 2. The van der Waals surface area contributed by atoms with Crippen LogP contribution in [0.1, 0.15) is 54.0 Å². The number of carbonyl (C=O) groups excluding carboxylic acids is 1. The van der Waals surface area contributed by atoms with Crippen LogP contribution in [0.3, 0.4) is 0 Å². The number of carbonyl (C=O) groups is 1. The number of H-pyrrole nitrogens is 1. The summed E-state index contributed by atoms with van der Waals surface area (Å²) < 4.78 is 16.3. The molecule has 0 aliphatic carbocycles. The Hall–Kier alpha value is -2.90. The average molecular weight is 409 g/mol. The molecule has 0 fully saturated rings. The monoisotopic (exact) mass is 409 g/mol. The summed E-state index contributed by atoms with van der Waals surface area (Å²) in [5.74, 6) is 0.479. The van der Waals surface area contributed by atoms with Gasteiger partial charge >= 0.3 is 0 Å². The molecule has 0 radical (unpaired) electrons. The van der Waals surface area contributed by atoms with Crippen molar-refractivity contribution in [3.63, 3.8) is 0 Å². The van der Waals surface area contributed by atoms with Crippen LogP contribution in [0.4, 0.5) is 0 Å². The van der Waals surface area contributed by atoms with Crippen molar-refractivity contribution in [3.8, 4) is 11.5 Å². The van der Waals surface area contributed by atoms with Gasteiger partial charge in [-0.05, 0) is 28.7 Å². The fourth-order valence-corrected chi connectivity index (χ4v) is 3.90. The van der Waals surface area contributed by atoms with Crippen molar-refractivity contribution in [2.75, 3.05) is 20.8 Å². The maximum Gasteiger partial charge on any atom is 0.275 e. The van der Waals surface area contributed by atoms with E-state index in [4.69, 9.17) is 13.9 Å². The fourth-order valence-electron chi connectivity index (χ4n) is 3.90. The minimum Gasteiger partial charge on any atom is -0.463 e. The van der Waals surface area contributed by atoms with Crippen LogP contribution in [0.15, 0.2) is 47.1 Å². The lowest BCUT2D eigenvalue weighted by atomic mass is 9.85. The predicted molar refractivity (Wildman–Crippen MR) is 112 cm³/mol. The zero-order valence-electron chi connectivity index (χ0n) is 17.9. The molecule has 1 amide bonds. The minimum atomic E-state index is -0.537. The number of hydrogen-bond acceptors (Lipinski definition) is 5. The SMILES string of the molecule is COC(CN1C(=O)c2n[nH]c(-c3ccco3)c2C1c1ccc(C(C)(C)C)cc1)OC. The predicted octanol–water partition coefficient (Wildman–Crippen LogP) is 4.13. The van der Waals surface area contributed by atoms with Crippen LogP contribution in [-0.2, 0) is 14.9 Å². The van der Waals surface area contributed by atoms with E-state index >= 15 is 0 Å². The smallest absolute Gasteiger partial charge is 0.275 e. The van der Waals surface area contributed by atoms with Crippen LogP contribution >= 0.6 is 0 Å². The highest BCUT2D eigenvalue weighted by Gasteiger charge is 2.43. The van der Waals surface area contributed by atoms with Crippen molar-refractivity contribution in [3.05, 3.63) is 65.0 Å². The Balaban J connectivity index is 1.81. The Morgan fingerprint density at radius 1 is 1.17 bits per heavy atom. The summed E-state index contributed by atoms with van der Waals surface area (Å²) in [5, 5.41) is 7.31. The summed E-state index contributed by atoms with van der Waals surface area (Å²) in [4.78, 5) is 15.0. The highest BCUT2D eigenvalue weighted by atomic mass is 16.7. The van der Waals surface area contributed by atoms with Crippen LogP contribution in [0.5, 0.6) is 0 Å². The number of methoxy groups -OCH3 is 2. The highest BCUT2D eigenvalue weighted by molar-refractivity contribution is 6.00. The molecule has 1 unspecified atom stereocenters. The number of rotatable bonds is 6. The van der Waals surface area contributed by atoms with Crippen LogP contribution in [0.2, 0.25) is 0 Å². The molecule has 7 heteroatoms. The second-order valence-electron chi connectivity index (χ2n) is 8.47. The van der Waals surface area contributed by atoms with Crippen molar-refractivity contribution in [1.29, 1.82) is 0 Å². The summed E-state index contributed by atoms with van der Waals surface area (Å²) in [6.45, 7) is 6.82. The third kappa shape index (κ3) is 3.44. The third-order valence-electron chi connectivity index (χ3n) is 5.58. The normalized spacial score (nSPS) is 16.5. The zero-order valence-corrected chi connectivity index (χ0v) is 17.9. The standard InChI is InChI=1S/C23H27N3O4/c1-23(2,3)15-10-8-14(9-11-15)21-18-19(16-7-6-12-30-16)24-25-20(18)22(27)26(21)13-17(28-4)29-5/h6-12,17,21H,13H2,1-5H3,(H,24,25). The van der Waals surface area contributed by atoms with E-state index in [-0.39, 0.29) is 23.9 Å². The molecular weight excluding hydrogens is 382 g/mol. The summed E-state index contributed by atoms with van der Waals surface area (Å²) in [6.07, 6.45) is 1.07. The molecule has 1 aromatic carbocycles. The van der Waals surface area contributed by atoms with Crippen LogP contribution in [-0.4, -0.2) is 48.1 Å². The van der Waals surface area contributed by atoms with Crippen LogP contribution < -0.4 is 0 Å². The summed E-state index contributed by atoms with van der Waals surface area (Å²) in [6, 6.07) is 11.7. The lowest BCUT2D eigenvalue weighted by Gasteiger charge is -2.29. The van der Waals surface area contributed by atoms with Gasteiger partial charge in [-0.1, -0.05) is 45.0 Å². The topological polar surface area (TPSA) is 80.6 Å². The van der Waals surface area contributed by atoms with Gasteiger partial charge in [0.15, 0.2) is 17.7 Å². The molecule has 1 atom stereocenters. The van der Waals surface area contributed by atoms with Gasteiger partial charge in [-0.3, -0.25) is 9.89 Å². The number of amides is 1. The van der Waals surface area contributed by atoms with Gasteiger partial charge < -0.3 is 18.8 Å². The van der Waals surface area contributed by atoms with Gasteiger partial charge in [0.05, 0.1) is 18.8 Å². The lowest BCUT2D eigenvalue weighted by molar-refractivity contribution is -0.113. The second kappa shape index (κ2) is 7.74. The summed E-state index contributed by atoms with van der Waals surface area (Å²) in [5.41, 5.74) is 4.19. The average Bonchev–Trinajstić information content (AvgIpc) is 3.44. The molecule has 0 saturated heterocycles. The molecule has 1 aliphatic rings. The Labute approximate surface area is 176 Å². The zero-order chi connectivity index (χ0) is 21.5. The van der Waals surface area contributed by atoms with E-state index in [0.717, 1.165) is 11.1 Å². The van der Waals surface area contributed by atoms with Crippen LogP contribution in [0.25, 0.3) is 11.5 Å². The highest BCUT2D eigenvalue weighted by Crippen LogP contribution is 2.43. The molecule has 2 aromatic heterocycles. The molecular formula is C23H27N3O4. The van der Waals surface area contributed by atoms with E-state index in [1.54, 1.807) is 25.4 Å². The van der Waals surface area contributed by atoms with Gasteiger partial charge in [-0.2, -0.15) is 5.10 Å². The largest absolute Gasteiger partial charge is 0.463 e. The Morgan fingerprint density at radius 3 is 2.43 bits per heavy atom. The third-order valence-corrected chi connectivity index (χ3v) is 5.58. The first kappa shape index (κ1) is 20.4. The first-order valence-corrected chi connectivity index (χ1v) is 9.94. The Bertz CT molecular complexity index is 1010. The van der Waals surface area contributed by atoms with E-state index in [1.165, 1.54) is 5.56 Å². The fraction of sp³-hybridized carbons (Fsp3) is 0.391. The number of ether oxygens (including phenoxy) is 2. The molecule has 158 valence electrons. The number of fused-ring (bicyclic) bond motifs is 1.